The van der Waals surface area contributed by atoms with Crippen LogP contribution in [0, 0.1) is 12.8 Å². The van der Waals surface area contributed by atoms with Crippen molar-refractivity contribution in [1.82, 2.24) is 5.32 Å². The number of fused-ring (bicyclic) bond motifs is 1. The quantitative estimate of drug-likeness (QED) is 0.813. The van der Waals surface area contributed by atoms with Crippen LogP contribution in [0.25, 0.3) is 11.0 Å². The van der Waals surface area contributed by atoms with Crippen molar-refractivity contribution in [3.63, 3.8) is 0 Å². The highest BCUT2D eigenvalue weighted by atomic mass is 16.3. The standard InChI is InChI=1S/C18H27NO/c1-7-19-17(12(4)5)16-10-15-13(6)8-9-14(11(2)3)18(15)20-16/h8-12,17,19H,7H2,1-6H3. The molecular formula is C18H27NO. The molecule has 0 aliphatic carbocycles. The van der Waals surface area contributed by atoms with Gasteiger partial charge in [0.2, 0.25) is 0 Å². The van der Waals surface area contributed by atoms with Crippen molar-refractivity contribution in [1.29, 1.82) is 0 Å². The fourth-order valence-electron chi connectivity index (χ4n) is 2.79. The summed E-state index contributed by atoms with van der Waals surface area (Å²) in [6.07, 6.45) is 0. The van der Waals surface area contributed by atoms with Crippen LogP contribution in [0.2, 0.25) is 0 Å². The monoisotopic (exact) mass is 273 g/mol. The van der Waals surface area contributed by atoms with Crippen molar-refractivity contribution in [2.24, 2.45) is 5.92 Å². The van der Waals surface area contributed by atoms with Gasteiger partial charge in [0, 0.05) is 5.39 Å². The maximum absolute atomic E-state index is 6.25. The van der Waals surface area contributed by atoms with Crippen molar-refractivity contribution >= 4 is 11.0 Å². The van der Waals surface area contributed by atoms with Crippen molar-refractivity contribution in [2.75, 3.05) is 6.54 Å². The van der Waals surface area contributed by atoms with Crippen LogP contribution in [0.15, 0.2) is 22.6 Å². The topological polar surface area (TPSA) is 25.2 Å². The molecule has 0 spiro atoms. The minimum absolute atomic E-state index is 0.284. The Kier molecular flexibility index (Phi) is 4.54. The van der Waals surface area contributed by atoms with Gasteiger partial charge in [0.15, 0.2) is 0 Å². The molecule has 0 aliphatic rings. The normalized spacial score (nSPS) is 13.6. The summed E-state index contributed by atoms with van der Waals surface area (Å²) < 4.78 is 6.25. The summed E-state index contributed by atoms with van der Waals surface area (Å²) >= 11 is 0. The maximum Gasteiger partial charge on any atom is 0.138 e. The molecule has 2 rings (SSSR count). The highest BCUT2D eigenvalue weighted by Gasteiger charge is 2.21. The summed E-state index contributed by atoms with van der Waals surface area (Å²) in [5.41, 5.74) is 3.66. The molecule has 20 heavy (non-hydrogen) atoms. The third-order valence-corrected chi connectivity index (χ3v) is 3.97. The molecule has 110 valence electrons. The second-order valence-corrected chi connectivity index (χ2v) is 6.30. The van der Waals surface area contributed by atoms with Crippen LogP contribution in [0.4, 0.5) is 0 Å². The Hall–Kier alpha value is -1.28. The number of aryl methyl sites for hydroxylation is 1. The van der Waals surface area contributed by atoms with Crippen LogP contribution in [0.1, 0.15) is 63.5 Å². The molecule has 0 aliphatic heterocycles. The van der Waals surface area contributed by atoms with Gasteiger partial charge in [-0.3, -0.25) is 0 Å². The van der Waals surface area contributed by atoms with Crippen LogP contribution in [-0.4, -0.2) is 6.54 Å². The van der Waals surface area contributed by atoms with Crippen LogP contribution in [-0.2, 0) is 0 Å². The van der Waals surface area contributed by atoms with Crippen LogP contribution in [0.5, 0.6) is 0 Å². The Morgan fingerprint density at radius 2 is 1.85 bits per heavy atom. The van der Waals surface area contributed by atoms with Crippen molar-refractivity contribution in [2.45, 2.75) is 53.5 Å². The number of hydrogen-bond acceptors (Lipinski definition) is 2. The van der Waals surface area contributed by atoms with Gasteiger partial charge in [0.25, 0.3) is 0 Å². The molecule has 0 fully saturated rings. The zero-order valence-corrected chi connectivity index (χ0v) is 13.6. The second kappa shape index (κ2) is 6.01. The predicted octanol–water partition coefficient (Wildman–Crippen LogP) is 5.17. The first-order chi connectivity index (χ1) is 9.45. The zero-order valence-electron chi connectivity index (χ0n) is 13.6. The van der Waals surface area contributed by atoms with Gasteiger partial charge >= 0.3 is 0 Å². The molecule has 0 saturated carbocycles. The molecule has 0 saturated heterocycles. The zero-order chi connectivity index (χ0) is 14.9. The van der Waals surface area contributed by atoms with Crippen LogP contribution in [0.3, 0.4) is 0 Å². The number of furan rings is 1. The smallest absolute Gasteiger partial charge is 0.138 e. The average Bonchev–Trinajstić information content (AvgIpc) is 2.80. The molecular weight excluding hydrogens is 246 g/mol. The van der Waals surface area contributed by atoms with Crippen molar-refractivity contribution in [3.05, 3.63) is 35.1 Å². The molecule has 1 N–H and O–H groups in total. The highest BCUT2D eigenvalue weighted by Crippen LogP contribution is 2.34. The van der Waals surface area contributed by atoms with E-state index in [0.717, 1.165) is 17.9 Å². The lowest BCUT2D eigenvalue weighted by Gasteiger charge is -2.19. The van der Waals surface area contributed by atoms with E-state index in [1.807, 2.05) is 0 Å². The van der Waals surface area contributed by atoms with Gasteiger partial charge in [-0.25, -0.2) is 0 Å². The molecule has 0 radical (unpaired) electrons. The lowest BCUT2D eigenvalue weighted by molar-refractivity contribution is 0.356. The second-order valence-electron chi connectivity index (χ2n) is 6.30. The predicted molar refractivity (Wildman–Crippen MR) is 86.3 cm³/mol. The van der Waals surface area contributed by atoms with E-state index in [0.29, 0.717) is 11.8 Å². The summed E-state index contributed by atoms with van der Waals surface area (Å²) in [5, 5.41) is 4.79. The van der Waals surface area contributed by atoms with Gasteiger partial charge in [-0.2, -0.15) is 0 Å². The van der Waals surface area contributed by atoms with E-state index < -0.39 is 0 Å². The molecule has 1 unspecified atom stereocenters. The van der Waals surface area contributed by atoms with E-state index in [2.05, 4.69) is 65.1 Å². The third kappa shape index (κ3) is 2.76. The average molecular weight is 273 g/mol. The molecule has 1 atom stereocenters. The molecule has 0 amide bonds. The molecule has 1 aromatic carbocycles. The van der Waals surface area contributed by atoms with Crippen LogP contribution < -0.4 is 5.32 Å². The molecule has 2 aromatic rings. The fraction of sp³-hybridized carbons (Fsp3) is 0.556. The summed E-state index contributed by atoms with van der Waals surface area (Å²) in [7, 11) is 0. The Morgan fingerprint density at radius 3 is 2.40 bits per heavy atom. The first kappa shape index (κ1) is 15.1. The number of hydrogen-bond donors (Lipinski definition) is 1. The first-order valence-corrected chi connectivity index (χ1v) is 7.72. The summed E-state index contributed by atoms with van der Waals surface area (Å²) in [4.78, 5) is 0. The third-order valence-electron chi connectivity index (χ3n) is 3.97. The molecule has 1 heterocycles. The van der Waals surface area contributed by atoms with E-state index >= 15 is 0 Å². The van der Waals surface area contributed by atoms with E-state index in [1.54, 1.807) is 0 Å². The fourth-order valence-corrected chi connectivity index (χ4v) is 2.79. The number of nitrogens with one attached hydrogen (secondary N) is 1. The molecule has 1 aromatic heterocycles. The van der Waals surface area contributed by atoms with E-state index in [9.17, 15) is 0 Å². The van der Waals surface area contributed by atoms with Crippen molar-refractivity contribution < 1.29 is 4.42 Å². The number of rotatable bonds is 5. The lowest BCUT2D eigenvalue weighted by Crippen LogP contribution is -2.24. The summed E-state index contributed by atoms with van der Waals surface area (Å²) in [6.45, 7) is 14.2. The van der Waals surface area contributed by atoms with E-state index in [1.165, 1.54) is 16.5 Å². The Balaban J connectivity index is 2.57. The van der Waals surface area contributed by atoms with Gasteiger partial charge in [0.05, 0.1) is 6.04 Å². The van der Waals surface area contributed by atoms with E-state index in [-0.39, 0.29) is 6.04 Å². The number of benzene rings is 1. The molecule has 2 nitrogen and oxygen atoms in total. The minimum atomic E-state index is 0.284. The summed E-state index contributed by atoms with van der Waals surface area (Å²) in [5.74, 6) is 2.06. The van der Waals surface area contributed by atoms with E-state index in [4.69, 9.17) is 4.42 Å². The summed E-state index contributed by atoms with van der Waals surface area (Å²) in [6, 6.07) is 6.91. The van der Waals surface area contributed by atoms with Crippen molar-refractivity contribution in [3.8, 4) is 0 Å². The van der Waals surface area contributed by atoms with Gasteiger partial charge in [-0.1, -0.05) is 46.8 Å². The first-order valence-electron chi connectivity index (χ1n) is 7.72. The Morgan fingerprint density at radius 1 is 1.15 bits per heavy atom. The SMILES string of the molecule is CCNC(c1cc2c(C)ccc(C(C)C)c2o1)C(C)C. The van der Waals surface area contributed by atoms with Gasteiger partial charge in [-0.05, 0) is 42.5 Å². The van der Waals surface area contributed by atoms with Gasteiger partial charge in [-0.15, -0.1) is 0 Å². The maximum atomic E-state index is 6.25. The largest absolute Gasteiger partial charge is 0.459 e. The highest BCUT2D eigenvalue weighted by molar-refractivity contribution is 5.85. The Bertz CT molecular complexity index is 580. The molecule has 0 bridgehead atoms. The lowest BCUT2D eigenvalue weighted by atomic mass is 9.98. The molecule has 2 heteroatoms. The van der Waals surface area contributed by atoms with Gasteiger partial charge in [0.1, 0.15) is 11.3 Å². The Labute approximate surface area is 122 Å². The minimum Gasteiger partial charge on any atom is -0.459 e. The van der Waals surface area contributed by atoms with Gasteiger partial charge < -0.3 is 9.73 Å². The van der Waals surface area contributed by atoms with Crippen LogP contribution >= 0.6 is 0 Å².